The molecule has 11 nitrogen and oxygen atoms in total. The van der Waals surface area contributed by atoms with Crippen LogP contribution in [-0.4, -0.2) is 112 Å². The molecule has 2 saturated heterocycles. The molecule has 47 heavy (non-hydrogen) atoms. The van der Waals surface area contributed by atoms with Crippen molar-refractivity contribution >= 4 is 0 Å². The number of allylic oxidation sites excluding steroid dienone is 2. The molecule has 1 aromatic rings. The van der Waals surface area contributed by atoms with Crippen LogP contribution in [0, 0.1) is 35.0 Å². The van der Waals surface area contributed by atoms with Gasteiger partial charge in [-0.3, -0.25) is 4.90 Å². The van der Waals surface area contributed by atoms with Crippen LogP contribution in [0.5, 0.6) is 0 Å². The summed E-state index contributed by atoms with van der Waals surface area (Å²) in [6, 6.07) is 0.250. The summed E-state index contributed by atoms with van der Waals surface area (Å²) in [5.74, 6) is 2.77. The summed E-state index contributed by atoms with van der Waals surface area (Å²) in [7, 11) is 0. The van der Waals surface area contributed by atoms with Gasteiger partial charge in [0, 0.05) is 31.2 Å². The van der Waals surface area contributed by atoms with Crippen LogP contribution in [0.15, 0.2) is 29.0 Å². The molecule has 1 spiro atoms. The average Bonchev–Trinajstić information content (AvgIpc) is 3.73. The van der Waals surface area contributed by atoms with E-state index in [9.17, 15) is 25.5 Å². The number of aliphatic hydroxyl groups is 6. The lowest BCUT2D eigenvalue weighted by Crippen LogP contribution is -2.51. The van der Waals surface area contributed by atoms with E-state index in [1.807, 2.05) is 0 Å². The largest absolute Gasteiger partial charge is 0.394 e. The molecule has 0 aromatic carbocycles. The Labute approximate surface area is 278 Å². The Hall–Kier alpha value is -1.70. The highest BCUT2D eigenvalue weighted by atomic mass is 16.5. The maximum atomic E-state index is 10.5. The highest BCUT2D eigenvalue weighted by molar-refractivity contribution is 5.38. The fourth-order valence-corrected chi connectivity index (χ4v) is 11.2. The Balaban J connectivity index is 1.08. The van der Waals surface area contributed by atoms with E-state index in [0.717, 1.165) is 57.2 Å². The zero-order valence-corrected chi connectivity index (χ0v) is 28.4. The minimum atomic E-state index is -1.68. The molecule has 4 unspecified atom stereocenters. The van der Waals surface area contributed by atoms with Crippen molar-refractivity contribution < 1.29 is 35.4 Å². The number of aromatic nitrogens is 3. The third-order valence-electron chi connectivity index (χ3n) is 13.7. The van der Waals surface area contributed by atoms with Crippen LogP contribution in [0.25, 0.3) is 0 Å². The normalized spacial score (nSPS) is 42.7. The third kappa shape index (κ3) is 5.57. The van der Waals surface area contributed by atoms with E-state index in [1.54, 1.807) is 11.8 Å². The molecule has 2 saturated carbocycles. The lowest BCUT2D eigenvalue weighted by Gasteiger charge is -2.49. The van der Waals surface area contributed by atoms with Gasteiger partial charge in [0.1, 0.15) is 24.4 Å². The number of ether oxygens (including phenoxy) is 1. The first-order chi connectivity index (χ1) is 22.4. The minimum absolute atomic E-state index is 0.110. The SMILES string of the molecule is CC1=C2C[C@H]3[C@@H](CC=C4C[C@@H](O)CC[C@@]43C)[C@@H]2CC[C@]12O[C@@H]1C[C@H](C)CN(Cc3cn(CC(O)C(O)C(O)C(O)CO)nn3)[C@H]1[C@H]2C. The van der Waals surface area contributed by atoms with Gasteiger partial charge in [0.05, 0.1) is 36.7 Å². The van der Waals surface area contributed by atoms with Crippen molar-refractivity contribution in [2.24, 2.45) is 35.0 Å². The highest BCUT2D eigenvalue weighted by Crippen LogP contribution is 2.65. The number of nitrogens with zero attached hydrogens (tertiary/aromatic N) is 4. The smallest absolute Gasteiger partial charge is 0.111 e. The third-order valence-corrected chi connectivity index (χ3v) is 13.7. The van der Waals surface area contributed by atoms with E-state index in [4.69, 9.17) is 9.84 Å². The van der Waals surface area contributed by atoms with Gasteiger partial charge in [-0.25, -0.2) is 4.68 Å². The molecule has 262 valence electrons. The number of hydrogen-bond acceptors (Lipinski definition) is 10. The molecule has 2 aliphatic heterocycles. The molecule has 0 bridgehead atoms. The van der Waals surface area contributed by atoms with E-state index in [-0.39, 0.29) is 35.8 Å². The van der Waals surface area contributed by atoms with Gasteiger partial charge >= 0.3 is 0 Å². The van der Waals surface area contributed by atoms with E-state index in [2.05, 4.69) is 49.0 Å². The van der Waals surface area contributed by atoms with E-state index in [0.29, 0.717) is 36.1 Å². The van der Waals surface area contributed by atoms with Crippen LogP contribution in [0.3, 0.4) is 0 Å². The fourth-order valence-electron chi connectivity index (χ4n) is 11.2. The van der Waals surface area contributed by atoms with Crippen LogP contribution in [0.1, 0.15) is 84.8 Å². The molecule has 1 aromatic heterocycles. The summed E-state index contributed by atoms with van der Waals surface area (Å²) in [5.41, 5.74) is 5.37. The number of aliphatic hydroxyl groups excluding tert-OH is 6. The van der Waals surface area contributed by atoms with Crippen molar-refractivity contribution in [3.05, 3.63) is 34.7 Å². The van der Waals surface area contributed by atoms with Crippen molar-refractivity contribution in [3.8, 4) is 0 Å². The molecule has 4 fully saturated rings. The average molecular weight is 657 g/mol. The lowest BCUT2D eigenvalue weighted by molar-refractivity contribution is -0.118. The summed E-state index contributed by atoms with van der Waals surface area (Å²) in [6.45, 7) is 10.2. The van der Waals surface area contributed by atoms with Crippen molar-refractivity contribution in [3.63, 3.8) is 0 Å². The zero-order valence-electron chi connectivity index (χ0n) is 28.4. The summed E-state index contributed by atoms with van der Waals surface area (Å²) in [5, 5.41) is 68.4. The Morgan fingerprint density at radius 1 is 1.06 bits per heavy atom. The topological polar surface area (TPSA) is 165 Å². The molecular formula is C36H56N4O7. The summed E-state index contributed by atoms with van der Waals surface area (Å²) >= 11 is 0. The van der Waals surface area contributed by atoms with Gasteiger partial charge in [-0.15, -0.1) is 5.10 Å². The van der Waals surface area contributed by atoms with Crippen molar-refractivity contribution in [1.29, 1.82) is 0 Å². The number of rotatable bonds is 8. The van der Waals surface area contributed by atoms with Gasteiger partial charge in [0.2, 0.25) is 0 Å². The Bertz CT molecular complexity index is 1380. The zero-order chi connectivity index (χ0) is 33.4. The van der Waals surface area contributed by atoms with Gasteiger partial charge in [-0.1, -0.05) is 43.2 Å². The van der Waals surface area contributed by atoms with Gasteiger partial charge in [0.25, 0.3) is 0 Å². The Kier molecular flexibility index (Phi) is 9.03. The second kappa shape index (κ2) is 12.6. The van der Waals surface area contributed by atoms with E-state index >= 15 is 0 Å². The van der Waals surface area contributed by atoms with Gasteiger partial charge in [-0.05, 0) is 93.0 Å². The maximum Gasteiger partial charge on any atom is 0.111 e. The second-order valence-corrected chi connectivity index (χ2v) is 16.4. The predicted octanol–water partition coefficient (Wildman–Crippen LogP) is 1.94. The molecule has 7 rings (SSSR count). The molecule has 6 aliphatic rings. The molecule has 0 amide bonds. The van der Waals surface area contributed by atoms with Gasteiger partial charge < -0.3 is 35.4 Å². The Morgan fingerprint density at radius 3 is 2.60 bits per heavy atom. The van der Waals surface area contributed by atoms with E-state index < -0.39 is 31.0 Å². The first-order valence-corrected chi connectivity index (χ1v) is 18.1. The number of fused-ring (bicyclic) bond motifs is 6. The molecule has 4 aliphatic carbocycles. The minimum Gasteiger partial charge on any atom is -0.394 e. The van der Waals surface area contributed by atoms with Crippen LogP contribution in [0.4, 0.5) is 0 Å². The van der Waals surface area contributed by atoms with Crippen molar-refractivity contribution in [2.75, 3.05) is 13.2 Å². The van der Waals surface area contributed by atoms with Crippen molar-refractivity contribution in [1.82, 2.24) is 19.9 Å². The quantitative estimate of drug-likeness (QED) is 0.228. The molecule has 0 radical (unpaired) electrons. The van der Waals surface area contributed by atoms with E-state index in [1.165, 1.54) is 22.2 Å². The van der Waals surface area contributed by atoms with Crippen molar-refractivity contribution in [2.45, 2.75) is 140 Å². The molecular weight excluding hydrogens is 600 g/mol. The standard InChI is InChI=1S/C36H56N4O7/c1-19-11-31-32(39(14-19)15-23-16-40(38-37-23)17-29(43)33(45)34(46)30(44)18-41)21(3)36(47-31)10-8-25-26-6-5-22-12-24(42)7-9-35(22,4)28(26)13-27(25)20(36)2/h5,16,19,21,24-26,28-34,41-46H,6-15,17-18H2,1-4H3/t19-,21+,24-,25-,26-,28-,29?,30?,31+,32-,33?,34?,35-,36-/m0/s1. The maximum absolute atomic E-state index is 10.5. The van der Waals surface area contributed by atoms with Crippen LogP contribution in [-0.2, 0) is 17.8 Å². The fraction of sp³-hybridized carbons (Fsp3) is 0.833. The summed E-state index contributed by atoms with van der Waals surface area (Å²) < 4.78 is 8.74. The number of piperidine rings is 1. The number of likely N-dealkylation sites (tertiary alicyclic amines) is 1. The molecule has 3 heterocycles. The predicted molar refractivity (Wildman–Crippen MR) is 174 cm³/mol. The van der Waals surface area contributed by atoms with Crippen LogP contribution < -0.4 is 0 Å². The monoisotopic (exact) mass is 656 g/mol. The van der Waals surface area contributed by atoms with Crippen LogP contribution >= 0.6 is 0 Å². The molecule has 6 N–H and O–H groups in total. The summed E-state index contributed by atoms with van der Waals surface area (Å²) in [6.07, 6.45) is 6.39. The first kappa shape index (κ1) is 33.8. The molecule has 14 atom stereocenters. The van der Waals surface area contributed by atoms with Crippen LogP contribution in [0.2, 0.25) is 0 Å². The second-order valence-electron chi connectivity index (χ2n) is 16.4. The van der Waals surface area contributed by atoms with Gasteiger partial charge in [0.15, 0.2) is 0 Å². The first-order valence-electron chi connectivity index (χ1n) is 18.1. The number of hydrogen-bond donors (Lipinski definition) is 6. The molecule has 11 heteroatoms. The Morgan fingerprint density at radius 2 is 1.83 bits per heavy atom. The lowest BCUT2D eigenvalue weighted by atomic mass is 9.56. The highest BCUT2D eigenvalue weighted by Gasteiger charge is 2.61. The summed E-state index contributed by atoms with van der Waals surface area (Å²) in [4.78, 5) is 2.52. The van der Waals surface area contributed by atoms with Gasteiger partial charge in [-0.2, -0.15) is 0 Å².